The number of rotatable bonds is 5. The summed E-state index contributed by atoms with van der Waals surface area (Å²) in [6.07, 6.45) is 4.53. The van der Waals surface area contributed by atoms with E-state index in [-0.39, 0.29) is 5.82 Å². The van der Waals surface area contributed by atoms with Crippen LogP contribution in [0.3, 0.4) is 0 Å². The second-order valence-corrected chi connectivity index (χ2v) is 6.61. The fourth-order valence-electron chi connectivity index (χ4n) is 3.19. The molecule has 4 rings (SSSR count). The fourth-order valence-corrected chi connectivity index (χ4v) is 3.19. The van der Waals surface area contributed by atoms with Crippen LogP contribution < -0.4 is 0 Å². The molecule has 0 amide bonds. The lowest BCUT2D eigenvalue weighted by molar-refractivity contribution is 0.0382. The summed E-state index contributed by atoms with van der Waals surface area (Å²) in [5.74, 6) is 0.566. The standard InChI is InChI=1S/C20H22FN5O/c1-15-18(14-26(24-15)17-4-2-16(21)3-5-17)19-6-8-22-20(23-19)7-9-25-10-12-27-13-11-25/h2-6,8,14H,7,9-13H2,1H3. The lowest BCUT2D eigenvalue weighted by atomic mass is 10.2. The number of nitrogens with zero attached hydrogens (tertiary/aromatic N) is 5. The van der Waals surface area contributed by atoms with E-state index >= 15 is 0 Å². The Balaban J connectivity index is 1.52. The van der Waals surface area contributed by atoms with E-state index in [1.54, 1.807) is 23.0 Å². The summed E-state index contributed by atoms with van der Waals surface area (Å²) >= 11 is 0. The van der Waals surface area contributed by atoms with Gasteiger partial charge in [-0.15, -0.1) is 0 Å². The molecule has 1 aromatic carbocycles. The molecular formula is C20H22FN5O. The number of halogens is 1. The van der Waals surface area contributed by atoms with E-state index in [9.17, 15) is 4.39 Å². The summed E-state index contributed by atoms with van der Waals surface area (Å²) < 4.78 is 20.3. The number of hydrogen-bond donors (Lipinski definition) is 0. The van der Waals surface area contributed by atoms with Crippen molar-refractivity contribution >= 4 is 0 Å². The van der Waals surface area contributed by atoms with Gasteiger partial charge in [0.2, 0.25) is 0 Å². The molecule has 0 aliphatic carbocycles. The minimum Gasteiger partial charge on any atom is -0.379 e. The lowest BCUT2D eigenvalue weighted by Gasteiger charge is -2.26. The number of benzene rings is 1. The molecule has 0 spiro atoms. The van der Waals surface area contributed by atoms with E-state index in [0.29, 0.717) is 0 Å². The molecule has 3 aromatic rings. The van der Waals surface area contributed by atoms with Gasteiger partial charge in [0.1, 0.15) is 11.6 Å². The van der Waals surface area contributed by atoms with E-state index in [4.69, 9.17) is 9.72 Å². The number of aromatic nitrogens is 4. The van der Waals surface area contributed by atoms with Crippen molar-refractivity contribution in [2.45, 2.75) is 13.3 Å². The maximum Gasteiger partial charge on any atom is 0.130 e. The molecule has 1 saturated heterocycles. The van der Waals surface area contributed by atoms with Crippen molar-refractivity contribution in [3.05, 3.63) is 60.1 Å². The Labute approximate surface area is 157 Å². The van der Waals surface area contributed by atoms with Crippen LogP contribution in [0.4, 0.5) is 4.39 Å². The fraction of sp³-hybridized carbons (Fsp3) is 0.350. The highest BCUT2D eigenvalue weighted by Gasteiger charge is 2.13. The van der Waals surface area contributed by atoms with Crippen molar-refractivity contribution in [3.63, 3.8) is 0 Å². The zero-order chi connectivity index (χ0) is 18.6. The first kappa shape index (κ1) is 17.8. The van der Waals surface area contributed by atoms with Gasteiger partial charge in [-0.2, -0.15) is 5.10 Å². The Hall–Kier alpha value is -2.64. The molecule has 0 atom stereocenters. The molecule has 0 unspecified atom stereocenters. The van der Waals surface area contributed by atoms with E-state index < -0.39 is 0 Å². The van der Waals surface area contributed by atoms with Gasteiger partial charge in [-0.3, -0.25) is 4.90 Å². The molecule has 3 heterocycles. The SMILES string of the molecule is Cc1nn(-c2ccc(F)cc2)cc1-c1ccnc(CCN2CCOCC2)n1. The first-order valence-corrected chi connectivity index (χ1v) is 9.14. The molecule has 7 heteroatoms. The Morgan fingerprint density at radius 2 is 1.89 bits per heavy atom. The molecule has 0 radical (unpaired) electrons. The minimum atomic E-state index is -0.261. The molecule has 1 fully saturated rings. The van der Waals surface area contributed by atoms with Crippen molar-refractivity contribution in [3.8, 4) is 16.9 Å². The minimum absolute atomic E-state index is 0.261. The van der Waals surface area contributed by atoms with Crippen LogP contribution in [0.1, 0.15) is 11.5 Å². The monoisotopic (exact) mass is 367 g/mol. The van der Waals surface area contributed by atoms with Gasteiger partial charge in [-0.05, 0) is 37.3 Å². The van der Waals surface area contributed by atoms with Crippen LogP contribution in [0.25, 0.3) is 16.9 Å². The van der Waals surface area contributed by atoms with E-state index in [0.717, 1.165) is 67.7 Å². The predicted octanol–water partition coefficient (Wildman–Crippen LogP) is 2.65. The molecule has 27 heavy (non-hydrogen) atoms. The lowest BCUT2D eigenvalue weighted by Crippen LogP contribution is -2.37. The van der Waals surface area contributed by atoms with Crippen molar-refractivity contribution in [1.82, 2.24) is 24.6 Å². The smallest absolute Gasteiger partial charge is 0.130 e. The van der Waals surface area contributed by atoms with Crippen molar-refractivity contribution < 1.29 is 9.13 Å². The number of aryl methyl sites for hydroxylation is 1. The van der Waals surface area contributed by atoms with Gasteiger partial charge in [0.15, 0.2) is 0 Å². The Bertz CT molecular complexity index is 903. The Morgan fingerprint density at radius 1 is 1.11 bits per heavy atom. The number of hydrogen-bond acceptors (Lipinski definition) is 5. The average molecular weight is 367 g/mol. The number of morpholine rings is 1. The quantitative estimate of drug-likeness (QED) is 0.694. The first-order valence-electron chi connectivity index (χ1n) is 9.14. The zero-order valence-corrected chi connectivity index (χ0v) is 15.3. The Morgan fingerprint density at radius 3 is 2.67 bits per heavy atom. The topological polar surface area (TPSA) is 56.1 Å². The number of ether oxygens (including phenoxy) is 1. The molecular weight excluding hydrogens is 345 g/mol. The molecule has 0 N–H and O–H groups in total. The second kappa shape index (κ2) is 7.94. The summed E-state index contributed by atoms with van der Waals surface area (Å²) in [5.41, 5.74) is 3.49. The maximum absolute atomic E-state index is 13.1. The summed E-state index contributed by atoms with van der Waals surface area (Å²) in [6, 6.07) is 8.18. The van der Waals surface area contributed by atoms with Crippen molar-refractivity contribution in [2.24, 2.45) is 0 Å². The molecule has 6 nitrogen and oxygen atoms in total. The van der Waals surface area contributed by atoms with Crippen molar-refractivity contribution in [2.75, 3.05) is 32.8 Å². The van der Waals surface area contributed by atoms with E-state index in [2.05, 4.69) is 15.0 Å². The van der Waals surface area contributed by atoms with Gasteiger partial charge in [0.05, 0.1) is 30.3 Å². The molecule has 2 aromatic heterocycles. The van der Waals surface area contributed by atoms with Crippen LogP contribution in [0.2, 0.25) is 0 Å². The normalized spacial score (nSPS) is 15.2. The van der Waals surface area contributed by atoms with Gasteiger partial charge in [-0.1, -0.05) is 0 Å². The zero-order valence-electron chi connectivity index (χ0n) is 15.3. The van der Waals surface area contributed by atoms with Crippen LogP contribution in [-0.4, -0.2) is 57.5 Å². The second-order valence-electron chi connectivity index (χ2n) is 6.61. The third kappa shape index (κ3) is 4.20. The van der Waals surface area contributed by atoms with Gasteiger partial charge in [0.25, 0.3) is 0 Å². The molecule has 1 aliphatic rings. The molecule has 0 bridgehead atoms. The van der Waals surface area contributed by atoms with Gasteiger partial charge in [-0.25, -0.2) is 19.0 Å². The van der Waals surface area contributed by atoms with Gasteiger partial charge < -0.3 is 4.74 Å². The molecule has 140 valence electrons. The largest absolute Gasteiger partial charge is 0.379 e. The van der Waals surface area contributed by atoms with Crippen LogP contribution in [0.5, 0.6) is 0 Å². The van der Waals surface area contributed by atoms with Crippen LogP contribution in [-0.2, 0) is 11.2 Å². The van der Waals surface area contributed by atoms with Crippen LogP contribution in [0.15, 0.2) is 42.7 Å². The van der Waals surface area contributed by atoms with Gasteiger partial charge in [0, 0.05) is 44.0 Å². The van der Waals surface area contributed by atoms with Gasteiger partial charge >= 0.3 is 0 Å². The summed E-state index contributed by atoms with van der Waals surface area (Å²) in [7, 11) is 0. The van der Waals surface area contributed by atoms with Crippen LogP contribution in [0, 0.1) is 12.7 Å². The third-order valence-electron chi connectivity index (χ3n) is 4.73. The summed E-state index contributed by atoms with van der Waals surface area (Å²) in [5, 5.41) is 4.55. The third-order valence-corrected chi connectivity index (χ3v) is 4.73. The van der Waals surface area contributed by atoms with E-state index in [1.807, 2.05) is 19.2 Å². The summed E-state index contributed by atoms with van der Waals surface area (Å²) in [6.45, 7) is 6.39. The highest BCUT2D eigenvalue weighted by Crippen LogP contribution is 2.22. The molecule has 1 aliphatic heterocycles. The van der Waals surface area contributed by atoms with Crippen molar-refractivity contribution in [1.29, 1.82) is 0 Å². The maximum atomic E-state index is 13.1. The summed E-state index contributed by atoms with van der Waals surface area (Å²) in [4.78, 5) is 11.5. The first-order chi connectivity index (χ1) is 13.2. The predicted molar refractivity (Wildman–Crippen MR) is 100 cm³/mol. The molecule has 0 saturated carbocycles. The highest BCUT2D eigenvalue weighted by molar-refractivity contribution is 5.61. The highest BCUT2D eigenvalue weighted by atomic mass is 19.1. The van der Waals surface area contributed by atoms with E-state index in [1.165, 1.54) is 12.1 Å². The van der Waals surface area contributed by atoms with Crippen LogP contribution >= 0.6 is 0 Å². The average Bonchev–Trinajstić information content (AvgIpc) is 3.10. The Kier molecular flexibility index (Phi) is 5.22.